The molecule has 1 aromatic heterocycles. The second kappa shape index (κ2) is 5.06. The molecule has 1 amide bonds. The molecule has 0 aliphatic heterocycles. The average molecular weight is 255 g/mol. The molecule has 1 aliphatic rings. The molecule has 1 saturated carbocycles. The first kappa shape index (κ1) is 12.4. The first-order valence-corrected chi connectivity index (χ1v) is 6.56. The van der Waals surface area contributed by atoms with Gasteiger partial charge >= 0.3 is 0 Å². The fourth-order valence-electron chi connectivity index (χ4n) is 1.78. The van der Waals surface area contributed by atoms with Gasteiger partial charge < -0.3 is 14.7 Å². The van der Waals surface area contributed by atoms with Crippen molar-refractivity contribution in [2.75, 3.05) is 20.7 Å². The summed E-state index contributed by atoms with van der Waals surface area (Å²) in [6.45, 7) is 0.393. The van der Waals surface area contributed by atoms with E-state index in [9.17, 15) is 9.90 Å². The van der Waals surface area contributed by atoms with E-state index in [1.54, 1.807) is 25.1 Å². The van der Waals surface area contributed by atoms with Crippen molar-refractivity contribution >= 4 is 17.2 Å². The molecule has 1 atom stereocenters. The van der Waals surface area contributed by atoms with E-state index in [1.807, 2.05) is 5.38 Å². The highest BCUT2D eigenvalue weighted by atomic mass is 32.1. The van der Waals surface area contributed by atoms with Crippen molar-refractivity contribution in [1.29, 1.82) is 0 Å². The van der Waals surface area contributed by atoms with Crippen molar-refractivity contribution in [1.82, 2.24) is 4.90 Å². The quantitative estimate of drug-likeness (QED) is 0.869. The van der Waals surface area contributed by atoms with Gasteiger partial charge in [0.2, 0.25) is 0 Å². The monoisotopic (exact) mass is 255 g/mol. The van der Waals surface area contributed by atoms with Gasteiger partial charge in [-0.1, -0.05) is 0 Å². The van der Waals surface area contributed by atoms with Crippen LogP contribution in [-0.4, -0.2) is 42.7 Å². The first-order chi connectivity index (χ1) is 8.13. The molecule has 5 heteroatoms. The largest absolute Gasteiger partial charge is 0.495 e. The zero-order chi connectivity index (χ0) is 12.4. The summed E-state index contributed by atoms with van der Waals surface area (Å²) < 4.78 is 5.12. The number of amides is 1. The van der Waals surface area contributed by atoms with Crippen LogP contribution >= 0.6 is 11.3 Å². The smallest absolute Gasteiger partial charge is 0.267 e. The minimum Gasteiger partial charge on any atom is -0.495 e. The Morgan fingerprint density at radius 2 is 2.41 bits per heavy atom. The lowest BCUT2D eigenvalue weighted by atomic mass is 10.2. The van der Waals surface area contributed by atoms with Gasteiger partial charge in [-0.2, -0.15) is 0 Å². The van der Waals surface area contributed by atoms with Crippen LogP contribution in [0.25, 0.3) is 0 Å². The van der Waals surface area contributed by atoms with Gasteiger partial charge in [-0.3, -0.25) is 4.79 Å². The number of likely N-dealkylation sites (N-methyl/N-ethyl adjacent to an activating group) is 1. The molecular formula is C12H17NO3S. The lowest BCUT2D eigenvalue weighted by molar-refractivity contribution is 0.0647. The highest BCUT2D eigenvalue weighted by Crippen LogP contribution is 2.33. The number of nitrogens with zero attached hydrogens (tertiary/aromatic N) is 1. The zero-order valence-corrected chi connectivity index (χ0v) is 10.9. The minimum absolute atomic E-state index is 0.0865. The molecule has 0 spiro atoms. The summed E-state index contributed by atoms with van der Waals surface area (Å²) in [6, 6.07) is 1.78. The Balaban J connectivity index is 1.98. The number of methoxy groups -OCH3 is 1. The summed E-state index contributed by atoms with van der Waals surface area (Å²) in [5, 5.41) is 11.6. The molecule has 1 aliphatic carbocycles. The van der Waals surface area contributed by atoms with Crippen LogP contribution in [-0.2, 0) is 0 Å². The number of rotatable bonds is 5. The first-order valence-electron chi connectivity index (χ1n) is 5.68. The van der Waals surface area contributed by atoms with E-state index in [4.69, 9.17) is 4.74 Å². The molecule has 1 unspecified atom stereocenters. The van der Waals surface area contributed by atoms with Gasteiger partial charge in [0.1, 0.15) is 10.6 Å². The predicted molar refractivity (Wildman–Crippen MR) is 66.6 cm³/mol. The molecule has 1 heterocycles. The fourth-order valence-corrected chi connectivity index (χ4v) is 2.63. The summed E-state index contributed by atoms with van der Waals surface area (Å²) >= 11 is 1.36. The van der Waals surface area contributed by atoms with Gasteiger partial charge in [0.25, 0.3) is 5.91 Å². The van der Waals surface area contributed by atoms with E-state index < -0.39 is 6.10 Å². The van der Waals surface area contributed by atoms with Gasteiger partial charge in [0.05, 0.1) is 13.2 Å². The standard InChI is InChI=1S/C12H17NO3S/c1-13(7-9(14)8-3-4-8)12(15)11-10(16-2)5-6-17-11/h5-6,8-9,14H,3-4,7H2,1-2H3. The summed E-state index contributed by atoms with van der Waals surface area (Å²) in [7, 11) is 3.27. The molecule has 2 rings (SSSR count). The molecule has 17 heavy (non-hydrogen) atoms. The molecule has 94 valence electrons. The third-order valence-corrected chi connectivity index (χ3v) is 3.90. The third kappa shape index (κ3) is 2.79. The van der Waals surface area contributed by atoms with Crippen LogP contribution in [0.4, 0.5) is 0 Å². The summed E-state index contributed by atoms with van der Waals surface area (Å²) in [4.78, 5) is 14.3. The lowest BCUT2D eigenvalue weighted by Gasteiger charge is -2.20. The van der Waals surface area contributed by atoms with E-state index in [0.29, 0.717) is 23.1 Å². The number of carbonyl (C=O) groups is 1. The van der Waals surface area contributed by atoms with Crippen LogP contribution in [0.15, 0.2) is 11.4 Å². The molecule has 0 radical (unpaired) electrons. The van der Waals surface area contributed by atoms with Crippen molar-refractivity contribution in [3.05, 3.63) is 16.3 Å². The molecule has 1 fully saturated rings. The van der Waals surface area contributed by atoms with Crippen LogP contribution in [0.2, 0.25) is 0 Å². The number of aliphatic hydroxyl groups is 1. The molecule has 1 N–H and O–H groups in total. The maximum absolute atomic E-state index is 12.1. The van der Waals surface area contributed by atoms with Gasteiger partial charge in [-0.15, -0.1) is 11.3 Å². The van der Waals surface area contributed by atoms with Crippen molar-refractivity contribution in [3.63, 3.8) is 0 Å². The summed E-state index contributed by atoms with van der Waals surface area (Å²) in [5.74, 6) is 0.903. The molecule has 0 aromatic carbocycles. The van der Waals surface area contributed by atoms with Gasteiger partial charge in [0.15, 0.2) is 0 Å². The Hall–Kier alpha value is -1.07. The number of carbonyl (C=O) groups excluding carboxylic acids is 1. The van der Waals surface area contributed by atoms with Crippen molar-refractivity contribution in [3.8, 4) is 5.75 Å². The topological polar surface area (TPSA) is 49.8 Å². The average Bonchev–Trinajstić information content (AvgIpc) is 3.06. The number of hydrogen-bond donors (Lipinski definition) is 1. The van der Waals surface area contributed by atoms with E-state index in [0.717, 1.165) is 12.8 Å². The van der Waals surface area contributed by atoms with E-state index in [2.05, 4.69) is 0 Å². The maximum atomic E-state index is 12.1. The van der Waals surface area contributed by atoms with E-state index in [1.165, 1.54) is 11.3 Å². The Morgan fingerprint density at radius 1 is 1.71 bits per heavy atom. The molecule has 0 saturated heterocycles. The van der Waals surface area contributed by atoms with Gasteiger partial charge in [-0.25, -0.2) is 0 Å². The van der Waals surface area contributed by atoms with Crippen LogP contribution < -0.4 is 4.74 Å². The maximum Gasteiger partial charge on any atom is 0.267 e. The second-order valence-electron chi connectivity index (χ2n) is 4.41. The van der Waals surface area contributed by atoms with Crippen molar-refractivity contribution < 1.29 is 14.6 Å². The number of thiophene rings is 1. The third-order valence-electron chi connectivity index (χ3n) is 3.02. The number of ether oxygens (including phenoxy) is 1. The van der Waals surface area contributed by atoms with Crippen molar-refractivity contribution in [2.24, 2.45) is 5.92 Å². The summed E-state index contributed by atoms with van der Waals surface area (Å²) in [5.41, 5.74) is 0. The second-order valence-corrected chi connectivity index (χ2v) is 5.32. The van der Waals surface area contributed by atoms with Crippen molar-refractivity contribution in [2.45, 2.75) is 18.9 Å². The van der Waals surface area contributed by atoms with Crippen LogP contribution in [0.5, 0.6) is 5.75 Å². The highest BCUT2D eigenvalue weighted by Gasteiger charge is 2.31. The highest BCUT2D eigenvalue weighted by molar-refractivity contribution is 7.12. The fraction of sp³-hybridized carbons (Fsp3) is 0.583. The zero-order valence-electron chi connectivity index (χ0n) is 10.0. The number of hydrogen-bond acceptors (Lipinski definition) is 4. The molecule has 0 bridgehead atoms. The molecule has 4 nitrogen and oxygen atoms in total. The predicted octanol–water partition coefficient (Wildman–Crippen LogP) is 1.60. The Morgan fingerprint density at radius 3 is 3.00 bits per heavy atom. The van der Waals surface area contributed by atoms with Crippen LogP contribution in [0.3, 0.4) is 0 Å². The summed E-state index contributed by atoms with van der Waals surface area (Å²) in [6.07, 6.45) is 1.76. The Bertz CT molecular complexity index is 400. The molecule has 1 aromatic rings. The normalized spacial score (nSPS) is 16.6. The van der Waals surface area contributed by atoms with E-state index in [-0.39, 0.29) is 5.91 Å². The van der Waals surface area contributed by atoms with Gasteiger partial charge in [-0.05, 0) is 30.2 Å². The minimum atomic E-state index is -0.394. The van der Waals surface area contributed by atoms with E-state index >= 15 is 0 Å². The Labute approximate surface area is 105 Å². The Kier molecular flexibility index (Phi) is 3.69. The SMILES string of the molecule is COc1ccsc1C(=O)N(C)CC(O)C1CC1. The van der Waals surface area contributed by atoms with Crippen LogP contribution in [0, 0.1) is 5.92 Å². The molecular weight excluding hydrogens is 238 g/mol. The van der Waals surface area contributed by atoms with Crippen LogP contribution in [0.1, 0.15) is 22.5 Å². The van der Waals surface area contributed by atoms with Gasteiger partial charge in [0, 0.05) is 13.6 Å². The number of aliphatic hydroxyl groups excluding tert-OH is 1. The lowest BCUT2D eigenvalue weighted by Crippen LogP contribution is -2.35.